The van der Waals surface area contributed by atoms with Crippen LogP contribution in [-0.2, 0) is 22.6 Å². The van der Waals surface area contributed by atoms with Crippen molar-refractivity contribution in [3.63, 3.8) is 0 Å². The first kappa shape index (κ1) is 19.6. The van der Waals surface area contributed by atoms with E-state index in [0.29, 0.717) is 0 Å². The first-order chi connectivity index (χ1) is 12.3. The fraction of sp³-hybridized carbons (Fsp3) is 0.455. The van der Waals surface area contributed by atoms with Crippen LogP contribution < -0.4 is 0 Å². The molecule has 0 radical (unpaired) electrons. The average Bonchev–Trinajstić information content (AvgIpc) is 2.66. The summed E-state index contributed by atoms with van der Waals surface area (Å²) < 4.78 is 11.3. The fourth-order valence-electron chi connectivity index (χ4n) is 3.24. The van der Waals surface area contributed by atoms with Crippen molar-refractivity contribution in [1.29, 1.82) is 0 Å². The van der Waals surface area contributed by atoms with Crippen molar-refractivity contribution >= 4 is 0 Å². The number of nitrogens with zero attached hydrogens (tertiary/aromatic N) is 1. The summed E-state index contributed by atoms with van der Waals surface area (Å²) in [6.45, 7) is 3.99. The topological polar surface area (TPSA) is 21.7 Å². The van der Waals surface area contributed by atoms with E-state index < -0.39 is 0 Å². The molecular weight excluding hydrogens is 310 g/mol. The lowest BCUT2D eigenvalue weighted by Gasteiger charge is -2.36. The maximum absolute atomic E-state index is 5.65. The van der Waals surface area contributed by atoms with E-state index in [1.54, 1.807) is 14.2 Å². The lowest BCUT2D eigenvalue weighted by molar-refractivity contribution is -0.152. The highest BCUT2D eigenvalue weighted by Crippen LogP contribution is 2.21. The Morgan fingerprint density at radius 3 is 1.68 bits per heavy atom. The second-order valence-electron chi connectivity index (χ2n) is 6.43. The lowest BCUT2D eigenvalue weighted by Crippen LogP contribution is -2.44. The SMILES string of the molecule is CCCCC(C(OC)OC)N(Cc1ccccc1)Cc1ccccc1. The van der Waals surface area contributed by atoms with Gasteiger partial charge in [-0.25, -0.2) is 0 Å². The normalized spacial score (nSPS) is 12.7. The third-order valence-corrected chi connectivity index (χ3v) is 4.56. The van der Waals surface area contributed by atoms with Gasteiger partial charge in [0, 0.05) is 27.3 Å². The summed E-state index contributed by atoms with van der Waals surface area (Å²) in [6, 6.07) is 21.5. The van der Waals surface area contributed by atoms with Gasteiger partial charge in [-0.05, 0) is 17.5 Å². The Morgan fingerprint density at radius 1 is 0.800 bits per heavy atom. The molecule has 0 aliphatic carbocycles. The van der Waals surface area contributed by atoms with Crippen LogP contribution in [0.4, 0.5) is 0 Å². The molecule has 2 rings (SSSR count). The Balaban J connectivity index is 2.24. The Bertz CT molecular complexity index is 528. The van der Waals surface area contributed by atoms with Crippen molar-refractivity contribution in [2.45, 2.75) is 51.6 Å². The molecule has 0 aliphatic rings. The molecule has 0 amide bonds. The molecule has 2 aromatic carbocycles. The van der Waals surface area contributed by atoms with Crippen LogP contribution in [0.5, 0.6) is 0 Å². The zero-order valence-electron chi connectivity index (χ0n) is 15.7. The molecule has 0 fully saturated rings. The van der Waals surface area contributed by atoms with Gasteiger partial charge in [-0.1, -0.05) is 80.4 Å². The van der Waals surface area contributed by atoms with Crippen LogP contribution in [-0.4, -0.2) is 31.5 Å². The highest BCUT2D eigenvalue weighted by Gasteiger charge is 2.27. The zero-order valence-corrected chi connectivity index (χ0v) is 15.7. The van der Waals surface area contributed by atoms with E-state index in [2.05, 4.69) is 72.5 Å². The molecule has 0 spiro atoms. The molecule has 1 unspecified atom stereocenters. The van der Waals surface area contributed by atoms with E-state index >= 15 is 0 Å². The van der Waals surface area contributed by atoms with Crippen molar-refractivity contribution in [3.05, 3.63) is 71.8 Å². The number of hydrogen-bond donors (Lipinski definition) is 0. The second kappa shape index (κ2) is 11.0. The fourth-order valence-corrected chi connectivity index (χ4v) is 3.24. The summed E-state index contributed by atoms with van der Waals surface area (Å²) in [5.74, 6) is 0. The molecule has 0 heterocycles. The minimum absolute atomic E-state index is 0.218. The third kappa shape index (κ3) is 6.28. The molecule has 2 aromatic rings. The Labute approximate surface area is 152 Å². The zero-order chi connectivity index (χ0) is 17.9. The molecule has 0 bridgehead atoms. The van der Waals surface area contributed by atoms with Gasteiger partial charge < -0.3 is 9.47 Å². The van der Waals surface area contributed by atoms with E-state index in [-0.39, 0.29) is 12.3 Å². The quantitative estimate of drug-likeness (QED) is 0.544. The second-order valence-corrected chi connectivity index (χ2v) is 6.43. The summed E-state index contributed by atoms with van der Waals surface area (Å²) in [5.41, 5.74) is 2.62. The number of rotatable bonds is 11. The lowest BCUT2D eigenvalue weighted by atomic mass is 10.0. The summed E-state index contributed by atoms with van der Waals surface area (Å²) in [6.07, 6.45) is 3.16. The van der Waals surface area contributed by atoms with Crippen LogP contribution >= 0.6 is 0 Å². The maximum atomic E-state index is 5.65. The first-order valence-electron chi connectivity index (χ1n) is 9.16. The number of unbranched alkanes of at least 4 members (excludes halogenated alkanes) is 1. The van der Waals surface area contributed by atoms with Crippen molar-refractivity contribution in [1.82, 2.24) is 4.90 Å². The van der Waals surface area contributed by atoms with Crippen LogP contribution in [0.1, 0.15) is 37.3 Å². The molecule has 25 heavy (non-hydrogen) atoms. The van der Waals surface area contributed by atoms with Gasteiger partial charge in [0.05, 0.1) is 6.04 Å². The average molecular weight is 341 g/mol. The van der Waals surface area contributed by atoms with Gasteiger partial charge in [-0.2, -0.15) is 0 Å². The third-order valence-electron chi connectivity index (χ3n) is 4.56. The monoisotopic (exact) mass is 341 g/mol. The largest absolute Gasteiger partial charge is 0.354 e. The van der Waals surface area contributed by atoms with Crippen LogP contribution in [0.15, 0.2) is 60.7 Å². The number of hydrogen-bond acceptors (Lipinski definition) is 3. The van der Waals surface area contributed by atoms with Gasteiger partial charge in [0.25, 0.3) is 0 Å². The predicted molar refractivity (Wildman–Crippen MR) is 103 cm³/mol. The molecule has 1 atom stereocenters. The Hall–Kier alpha value is -1.68. The minimum Gasteiger partial charge on any atom is -0.354 e. The standard InChI is InChI=1S/C22H31NO2/c1-4-5-16-21(22(24-2)25-3)23(17-19-12-8-6-9-13-19)18-20-14-10-7-11-15-20/h6-15,21-22H,4-5,16-18H2,1-3H3. The van der Waals surface area contributed by atoms with E-state index in [4.69, 9.17) is 9.47 Å². The highest BCUT2D eigenvalue weighted by atomic mass is 16.7. The van der Waals surface area contributed by atoms with Crippen molar-refractivity contribution < 1.29 is 9.47 Å². The van der Waals surface area contributed by atoms with Crippen LogP contribution in [0.25, 0.3) is 0 Å². The van der Waals surface area contributed by atoms with Crippen molar-refractivity contribution in [2.24, 2.45) is 0 Å². The Morgan fingerprint density at radius 2 is 1.28 bits per heavy atom. The van der Waals surface area contributed by atoms with Gasteiger partial charge in [0.1, 0.15) is 0 Å². The Kier molecular flexibility index (Phi) is 8.67. The first-order valence-corrected chi connectivity index (χ1v) is 9.16. The molecule has 0 N–H and O–H groups in total. The van der Waals surface area contributed by atoms with E-state index in [9.17, 15) is 0 Å². The maximum Gasteiger partial charge on any atom is 0.172 e. The van der Waals surface area contributed by atoms with Crippen LogP contribution in [0.3, 0.4) is 0 Å². The smallest absolute Gasteiger partial charge is 0.172 e. The summed E-state index contributed by atoms with van der Waals surface area (Å²) in [4.78, 5) is 2.48. The number of benzene rings is 2. The van der Waals surface area contributed by atoms with E-state index in [1.165, 1.54) is 17.5 Å². The molecule has 3 nitrogen and oxygen atoms in total. The minimum atomic E-state index is -0.223. The predicted octanol–water partition coefficient (Wildman–Crippen LogP) is 4.87. The summed E-state index contributed by atoms with van der Waals surface area (Å²) in [5, 5.41) is 0. The van der Waals surface area contributed by atoms with Crippen LogP contribution in [0.2, 0.25) is 0 Å². The molecule has 0 aromatic heterocycles. The molecule has 136 valence electrons. The summed E-state index contributed by atoms with van der Waals surface area (Å²) in [7, 11) is 3.46. The molecular formula is C22H31NO2. The van der Waals surface area contributed by atoms with Crippen molar-refractivity contribution in [3.8, 4) is 0 Å². The van der Waals surface area contributed by atoms with Gasteiger partial charge in [-0.15, -0.1) is 0 Å². The van der Waals surface area contributed by atoms with E-state index in [1.807, 2.05) is 0 Å². The van der Waals surface area contributed by atoms with E-state index in [0.717, 1.165) is 25.9 Å². The van der Waals surface area contributed by atoms with Gasteiger partial charge in [0.2, 0.25) is 0 Å². The molecule has 0 saturated carbocycles. The van der Waals surface area contributed by atoms with Gasteiger partial charge in [0.15, 0.2) is 6.29 Å². The number of ether oxygens (including phenoxy) is 2. The molecule has 0 aliphatic heterocycles. The van der Waals surface area contributed by atoms with Crippen molar-refractivity contribution in [2.75, 3.05) is 14.2 Å². The van der Waals surface area contributed by atoms with Gasteiger partial charge >= 0.3 is 0 Å². The highest BCUT2D eigenvalue weighted by molar-refractivity contribution is 5.17. The van der Waals surface area contributed by atoms with Gasteiger partial charge in [-0.3, -0.25) is 4.90 Å². The molecule has 0 saturated heterocycles. The summed E-state index contributed by atoms with van der Waals surface area (Å²) >= 11 is 0. The number of methoxy groups -OCH3 is 2. The van der Waals surface area contributed by atoms with Crippen LogP contribution in [0, 0.1) is 0 Å². The molecule has 3 heteroatoms.